The highest BCUT2D eigenvalue weighted by atomic mass is 19.4. The van der Waals surface area contributed by atoms with Crippen LogP contribution in [0.3, 0.4) is 0 Å². The van der Waals surface area contributed by atoms with Gasteiger partial charge in [0.1, 0.15) is 11.8 Å². The van der Waals surface area contributed by atoms with Crippen LogP contribution in [0.25, 0.3) is 0 Å². The highest BCUT2D eigenvalue weighted by molar-refractivity contribution is 5.84. The first kappa shape index (κ1) is 18.8. The Bertz CT molecular complexity index is 543. The highest BCUT2D eigenvalue weighted by Gasteiger charge is 2.36. The molecule has 2 N–H and O–H groups in total. The quantitative estimate of drug-likeness (QED) is 0.804. The van der Waals surface area contributed by atoms with Crippen molar-refractivity contribution in [2.24, 2.45) is 0 Å². The van der Waals surface area contributed by atoms with Crippen molar-refractivity contribution in [3.63, 3.8) is 0 Å². The first-order valence-electron chi connectivity index (χ1n) is 6.85. The molecule has 5 nitrogen and oxygen atoms in total. The van der Waals surface area contributed by atoms with Gasteiger partial charge in [-0.25, -0.2) is 4.79 Å². The van der Waals surface area contributed by atoms with Gasteiger partial charge in [-0.2, -0.15) is 13.2 Å². The summed E-state index contributed by atoms with van der Waals surface area (Å²) in [7, 11) is 1.51. The van der Waals surface area contributed by atoms with Crippen LogP contribution in [0, 0.1) is 0 Å². The minimum absolute atomic E-state index is 0.117. The number of methoxy groups -OCH3 is 1. The molecule has 0 fully saturated rings. The average molecular weight is 333 g/mol. The molecule has 1 rings (SSSR count). The molecule has 0 bridgehead atoms. The van der Waals surface area contributed by atoms with Crippen LogP contribution < -0.4 is 10.1 Å². The summed E-state index contributed by atoms with van der Waals surface area (Å²) in [5.41, 5.74) is 0.795. The monoisotopic (exact) mass is 333 g/mol. The molecule has 2 unspecified atom stereocenters. The fraction of sp³-hybridized carbons (Fsp3) is 0.467. The number of carbonyl (C=O) groups is 2. The standard InChI is InChI=1S/C15H18F3NO4/c1-9(10-3-5-11(23-2)6-4-10)7-13(20)19-12(14(21)22)8-15(16,17)18/h3-6,9,12H,7-8H2,1-2H3,(H,19,20)(H,21,22). The zero-order valence-electron chi connectivity index (χ0n) is 12.7. The summed E-state index contributed by atoms with van der Waals surface area (Å²) in [4.78, 5) is 22.6. The minimum Gasteiger partial charge on any atom is -0.497 e. The van der Waals surface area contributed by atoms with Gasteiger partial charge in [0, 0.05) is 6.42 Å². The van der Waals surface area contributed by atoms with Crippen LogP contribution >= 0.6 is 0 Å². The zero-order valence-corrected chi connectivity index (χ0v) is 12.7. The van der Waals surface area contributed by atoms with Gasteiger partial charge < -0.3 is 15.2 Å². The van der Waals surface area contributed by atoms with Crippen LogP contribution in [0.5, 0.6) is 5.75 Å². The Labute approximate surface area is 131 Å². The van der Waals surface area contributed by atoms with Crippen LogP contribution in [0.1, 0.15) is 31.2 Å². The maximum absolute atomic E-state index is 12.3. The Hall–Kier alpha value is -2.25. The van der Waals surface area contributed by atoms with Gasteiger partial charge in [0.25, 0.3) is 0 Å². The normalized spacial score (nSPS) is 14.0. The average Bonchev–Trinajstić information content (AvgIpc) is 2.45. The van der Waals surface area contributed by atoms with Crippen LogP contribution in [0.4, 0.5) is 13.2 Å². The van der Waals surface area contributed by atoms with E-state index in [0.29, 0.717) is 5.75 Å². The van der Waals surface area contributed by atoms with E-state index in [1.165, 1.54) is 7.11 Å². The SMILES string of the molecule is COc1ccc(C(C)CC(=O)NC(CC(F)(F)F)C(=O)O)cc1. The first-order valence-corrected chi connectivity index (χ1v) is 6.85. The number of aliphatic carboxylic acids is 1. The summed E-state index contributed by atoms with van der Waals surface area (Å²) in [5, 5.41) is 10.7. The lowest BCUT2D eigenvalue weighted by molar-refractivity contribution is -0.160. The Balaban J connectivity index is 2.64. The van der Waals surface area contributed by atoms with Crippen molar-refractivity contribution in [2.75, 3.05) is 7.11 Å². The molecule has 2 atom stereocenters. The van der Waals surface area contributed by atoms with E-state index in [1.807, 2.05) is 5.32 Å². The fourth-order valence-corrected chi connectivity index (χ4v) is 2.01. The number of hydrogen-bond donors (Lipinski definition) is 2. The molecule has 0 heterocycles. The molecular weight excluding hydrogens is 315 g/mol. The van der Waals surface area contributed by atoms with Gasteiger partial charge in [-0.3, -0.25) is 4.79 Å². The number of ether oxygens (including phenoxy) is 1. The number of benzene rings is 1. The van der Waals surface area contributed by atoms with Crippen LogP contribution in [-0.2, 0) is 9.59 Å². The maximum Gasteiger partial charge on any atom is 0.391 e. The summed E-state index contributed by atoms with van der Waals surface area (Å²) >= 11 is 0. The summed E-state index contributed by atoms with van der Waals surface area (Å²) in [6.45, 7) is 1.72. The second-order valence-electron chi connectivity index (χ2n) is 5.16. The number of rotatable bonds is 7. The largest absolute Gasteiger partial charge is 0.497 e. The number of amides is 1. The molecule has 1 aromatic rings. The van der Waals surface area contributed by atoms with E-state index in [9.17, 15) is 22.8 Å². The molecule has 0 aliphatic heterocycles. The molecule has 0 saturated heterocycles. The Kier molecular flexibility index (Phi) is 6.41. The van der Waals surface area contributed by atoms with Gasteiger partial charge >= 0.3 is 12.1 Å². The molecule has 8 heteroatoms. The molecule has 0 saturated carbocycles. The van der Waals surface area contributed by atoms with Gasteiger partial charge in [-0.1, -0.05) is 19.1 Å². The number of halogens is 3. The lowest BCUT2D eigenvalue weighted by atomic mass is 9.97. The maximum atomic E-state index is 12.3. The first-order chi connectivity index (χ1) is 10.6. The summed E-state index contributed by atoms with van der Waals surface area (Å²) in [6, 6.07) is 4.90. The third kappa shape index (κ3) is 6.58. The smallest absolute Gasteiger partial charge is 0.391 e. The van der Waals surface area contributed by atoms with E-state index >= 15 is 0 Å². The van der Waals surface area contributed by atoms with E-state index in [2.05, 4.69) is 0 Å². The molecule has 1 amide bonds. The van der Waals surface area contributed by atoms with Crippen molar-refractivity contribution in [3.05, 3.63) is 29.8 Å². The molecule has 1 aromatic carbocycles. The number of carbonyl (C=O) groups excluding carboxylic acids is 1. The number of carboxylic acids is 1. The van der Waals surface area contributed by atoms with E-state index in [1.54, 1.807) is 31.2 Å². The molecule has 0 aromatic heterocycles. The summed E-state index contributed by atoms with van der Waals surface area (Å²) < 4.78 is 41.9. The van der Waals surface area contributed by atoms with Crippen molar-refractivity contribution < 1.29 is 32.6 Å². The Morgan fingerprint density at radius 2 is 1.83 bits per heavy atom. The fourth-order valence-electron chi connectivity index (χ4n) is 2.01. The van der Waals surface area contributed by atoms with Crippen molar-refractivity contribution in [3.8, 4) is 5.75 Å². The zero-order chi connectivity index (χ0) is 17.6. The molecule has 0 radical (unpaired) electrons. The van der Waals surface area contributed by atoms with Gasteiger partial charge in [-0.15, -0.1) is 0 Å². The van der Waals surface area contributed by atoms with Gasteiger partial charge in [0.05, 0.1) is 13.5 Å². The summed E-state index contributed by atoms with van der Waals surface area (Å²) in [6.07, 6.45) is -6.39. The minimum atomic E-state index is -4.67. The van der Waals surface area contributed by atoms with Gasteiger partial charge in [0.15, 0.2) is 0 Å². The van der Waals surface area contributed by atoms with Crippen LogP contribution in [-0.4, -0.2) is 36.3 Å². The third-order valence-corrected chi connectivity index (χ3v) is 3.25. The predicted octanol–water partition coefficient (Wildman–Crippen LogP) is 2.71. The number of alkyl halides is 3. The highest BCUT2D eigenvalue weighted by Crippen LogP contribution is 2.23. The number of nitrogens with one attached hydrogen (secondary N) is 1. The van der Waals surface area contributed by atoms with E-state index in [-0.39, 0.29) is 12.3 Å². The van der Waals surface area contributed by atoms with Crippen molar-refractivity contribution in [2.45, 2.75) is 37.9 Å². The van der Waals surface area contributed by atoms with Crippen molar-refractivity contribution in [1.29, 1.82) is 0 Å². The van der Waals surface area contributed by atoms with Crippen molar-refractivity contribution >= 4 is 11.9 Å². The lowest BCUT2D eigenvalue weighted by Gasteiger charge is -2.18. The molecule has 0 aliphatic rings. The Morgan fingerprint density at radius 3 is 2.26 bits per heavy atom. The number of hydrogen-bond acceptors (Lipinski definition) is 3. The molecule has 128 valence electrons. The second kappa shape index (κ2) is 7.85. The topological polar surface area (TPSA) is 75.6 Å². The van der Waals surface area contributed by atoms with Crippen molar-refractivity contribution in [1.82, 2.24) is 5.32 Å². The molecule has 0 spiro atoms. The summed E-state index contributed by atoms with van der Waals surface area (Å²) in [5.74, 6) is -2.10. The van der Waals surface area contributed by atoms with Crippen LogP contribution in [0.2, 0.25) is 0 Å². The van der Waals surface area contributed by atoms with Gasteiger partial charge in [0.2, 0.25) is 5.91 Å². The van der Waals surface area contributed by atoms with Crippen LogP contribution in [0.15, 0.2) is 24.3 Å². The molecule has 23 heavy (non-hydrogen) atoms. The third-order valence-electron chi connectivity index (χ3n) is 3.25. The second-order valence-corrected chi connectivity index (χ2v) is 5.16. The van der Waals surface area contributed by atoms with E-state index in [4.69, 9.17) is 9.84 Å². The predicted molar refractivity (Wildman–Crippen MR) is 76.3 cm³/mol. The van der Waals surface area contributed by atoms with E-state index < -0.39 is 30.5 Å². The van der Waals surface area contributed by atoms with E-state index in [0.717, 1.165) is 5.56 Å². The number of carboxylic acid groups (broad SMARTS) is 1. The van der Waals surface area contributed by atoms with Gasteiger partial charge in [-0.05, 0) is 23.6 Å². The molecule has 0 aliphatic carbocycles. The molecular formula is C15H18F3NO4. The lowest BCUT2D eigenvalue weighted by Crippen LogP contribution is -2.43. The Morgan fingerprint density at radius 1 is 1.26 bits per heavy atom.